The largest absolute Gasteiger partial charge is 0.496 e. The van der Waals surface area contributed by atoms with E-state index in [0.29, 0.717) is 11.0 Å². The van der Waals surface area contributed by atoms with Gasteiger partial charge in [0.1, 0.15) is 11.5 Å². The molecule has 0 unspecified atom stereocenters. The first-order chi connectivity index (χ1) is 13.5. The van der Waals surface area contributed by atoms with Crippen LogP contribution in [0, 0.1) is 6.92 Å². The van der Waals surface area contributed by atoms with Crippen LogP contribution >= 0.6 is 11.3 Å². The maximum atomic E-state index is 12.3. The van der Waals surface area contributed by atoms with Gasteiger partial charge in [-0.1, -0.05) is 43.7 Å². The quantitative estimate of drug-likeness (QED) is 0.591. The second kappa shape index (κ2) is 8.89. The Hall–Kier alpha value is -2.86. The zero-order chi connectivity index (χ0) is 20.1. The van der Waals surface area contributed by atoms with E-state index in [0.717, 1.165) is 33.9 Å². The van der Waals surface area contributed by atoms with Gasteiger partial charge in [0, 0.05) is 10.9 Å². The van der Waals surface area contributed by atoms with Crippen LogP contribution in [0.2, 0.25) is 0 Å². The Bertz CT molecular complexity index is 966. The predicted octanol–water partition coefficient (Wildman–Crippen LogP) is 5.27. The number of hydrogen-bond donors (Lipinski definition) is 1. The summed E-state index contributed by atoms with van der Waals surface area (Å²) in [4.78, 5) is 16.8. The molecule has 28 heavy (non-hydrogen) atoms. The van der Waals surface area contributed by atoms with Gasteiger partial charge in [0.2, 0.25) is 0 Å². The van der Waals surface area contributed by atoms with Crippen molar-refractivity contribution >= 4 is 22.4 Å². The Balaban J connectivity index is 1.66. The maximum absolute atomic E-state index is 12.3. The van der Waals surface area contributed by atoms with Crippen molar-refractivity contribution in [1.82, 2.24) is 4.98 Å². The number of amides is 1. The molecule has 0 bridgehead atoms. The summed E-state index contributed by atoms with van der Waals surface area (Å²) in [5.74, 6) is 1.57. The molecular formula is C22H24N2O3S. The highest BCUT2D eigenvalue weighted by Gasteiger charge is 2.13. The van der Waals surface area contributed by atoms with Gasteiger partial charge in [0.05, 0.1) is 12.8 Å². The zero-order valence-electron chi connectivity index (χ0n) is 16.5. The van der Waals surface area contributed by atoms with Crippen molar-refractivity contribution in [2.75, 3.05) is 19.0 Å². The molecule has 0 atom stereocenters. The molecule has 0 radical (unpaired) electrons. The van der Waals surface area contributed by atoms with Crippen molar-refractivity contribution in [3.05, 3.63) is 59.0 Å². The average molecular weight is 397 g/mol. The number of carbonyl (C=O) groups is 1. The normalized spacial score (nSPS) is 10.8. The van der Waals surface area contributed by atoms with E-state index in [4.69, 9.17) is 9.47 Å². The third-order valence-corrected chi connectivity index (χ3v) is 5.04. The Morgan fingerprint density at radius 2 is 1.96 bits per heavy atom. The van der Waals surface area contributed by atoms with Crippen LogP contribution in [0.5, 0.6) is 11.5 Å². The summed E-state index contributed by atoms with van der Waals surface area (Å²) >= 11 is 1.37. The summed E-state index contributed by atoms with van der Waals surface area (Å²) in [6.07, 6.45) is 0. The van der Waals surface area contributed by atoms with Crippen molar-refractivity contribution in [3.63, 3.8) is 0 Å². The van der Waals surface area contributed by atoms with Crippen LogP contribution in [0.4, 0.5) is 5.13 Å². The first-order valence-electron chi connectivity index (χ1n) is 9.10. The van der Waals surface area contributed by atoms with Crippen molar-refractivity contribution in [1.29, 1.82) is 0 Å². The molecular weight excluding hydrogens is 372 g/mol. The number of carbonyl (C=O) groups excluding carboxylic acids is 1. The van der Waals surface area contributed by atoms with E-state index in [-0.39, 0.29) is 12.5 Å². The number of benzene rings is 2. The fourth-order valence-electron chi connectivity index (χ4n) is 2.86. The molecule has 146 valence electrons. The van der Waals surface area contributed by atoms with Crippen molar-refractivity contribution in [3.8, 4) is 22.8 Å². The van der Waals surface area contributed by atoms with E-state index >= 15 is 0 Å². The number of nitrogens with one attached hydrogen (secondary N) is 1. The standard InChI is InChI=1S/C22H24N2O3S/c1-14(2)16-7-5-6-8-20(16)27-12-21(25)24-22-23-18(13-28-22)17-11-15(3)9-10-19(17)26-4/h5-11,13-14H,12H2,1-4H3,(H,23,24,25). The van der Waals surface area contributed by atoms with Gasteiger partial charge in [-0.25, -0.2) is 4.98 Å². The number of rotatable bonds is 7. The summed E-state index contributed by atoms with van der Waals surface area (Å²) in [6.45, 7) is 6.15. The Morgan fingerprint density at radius 1 is 1.18 bits per heavy atom. The van der Waals surface area contributed by atoms with Gasteiger partial charge in [0.25, 0.3) is 5.91 Å². The van der Waals surface area contributed by atoms with E-state index in [1.165, 1.54) is 11.3 Å². The Labute approximate surface area is 169 Å². The minimum atomic E-state index is -0.240. The van der Waals surface area contributed by atoms with Crippen LogP contribution in [0.25, 0.3) is 11.3 Å². The van der Waals surface area contributed by atoms with E-state index in [1.54, 1.807) is 7.11 Å². The molecule has 0 aliphatic rings. The average Bonchev–Trinajstić information content (AvgIpc) is 3.14. The minimum Gasteiger partial charge on any atom is -0.496 e. The third-order valence-electron chi connectivity index (χ3n) is 4.28. The summed E-state index contributed by atoms with van der Waals surface area (Å²) in [5.41, 5.74) is 3.87. The van der Waals surface area contributed by atoms with Crippen molar-refractivity contribution in [2.24, 2.45) is 0 Å². The van der Waals surface area contributed by atoms with Crippen molar-refractivity contribution in [2.45, 2.75) is 26.7 Å². The molecule has 3 aromatic rings. The monoisotopic (exact) mass is 396 g/mol. The van der Waals surface area contributed by atoms with E-state index in [1.807, 2.05) is 54.8 Å². The second-order valence-corrected chi connectivity index (χ2v) is 7.63. The lowest BCUT2D eigenvalue weighted by Gasteiger charge is -2.13. The molecule has 3 rings (SSSR count). The van der Waals surface area contributed by atoms with Gasteiger partial charge in [-0.15, -0.1) is 11.3 Å². The number of para-hydroxylation sites is 1. The lowest BCUT2D eigenvalue weighted by atomic mass is 10.0. The molecule has 1 aromatic heterocycles. The molecule has 0 spiro atoms. The number of methoxy groups -OCH3 is 1. The van der Waals surface area contributed by atoms with Crippen molar-refractivity contribution < 1.29 is 14.3 Å². The number of hydrogen-bond acceptors (Lipinski definition) is 5. The molecule has 1 heterocycles. The van der Waals surface area contributed by atoms with Gasteiger partial charge in [-0.3, -0.25) is 10.1 Å². The first kappa shape index (κ1) is 19.9. The summed E-state index contributed by atoms with van der Waals surface area (Å²) in [7, 11) is 1.63. The van der Waals surface area contributed by atoms with E-state index in [9.17, 15) is 4.79 Å². The van der Waals surface area contributed by atoms with Crippen LogP contribution in [0.1, 0.15) is 30.9 Å². The van der Waals surface area contributed by atoms with Crippen LogP contribution in [-0.2, 0) is 4.79 Å². The molecule has 2 aromatic carbocycles. The Morgan fingerprint density at radius 3 is 2.71 bits per heavy atom. The molecule has 1 amide bonds. The predicted molar refractivity (Wildman–Crippen MR) is 113 cm³/mol. The van der Waals surface area contributed by atoms with Gasteiger partial charge in [-0.2, -0.15) is 0 Å². The van der Waals surface area contributed by atoms with E-state index < -0.39 is 0 Å². The summed E-state index contributed by atoms with van der Waals surface area (Å²) in [6, 6.07) is 13.7. The molecule has 1 N–H and O–H groups in total. The number of ether oxygens (including phenoxy) is 2. The zero-order valence-corrected chi connectivity index (χ0v) is 17.3. The first-order valence-corrected chi connectivity index (χ1v) is 9.98. The van der Waals surface area contributed by atoms with E-state index in [2.05, 4.69) is 24.1 Å². The molecule has 0 fully saturated rings. The number of nitrogens with zero attached hydrogens (tertiary/aromatic N) is 1. The van der Waals surface area contributed by atoms with Gasteiger partial charge < -0.3 is 9.47 Å². The van der Waals surface area contributed by atoms with Crippen LogP contribution in [0.3, 0.4) is 0 Å². The van der Waals surface area contributed by atoms with Crippen LogP contribution in [0.15, 0.2) is 47.8 Å². The maximum Gasteiger partial charge on any atom is 0.264 e. The minimum absolute atomic E-state index is 0.0631. The lowest BCUT2D eigenvalue weighted by molar-refractivity contribution is -0.118. The highest BCUT2D eigenvalue weighted by Crippen LogP contribution is 2.33. The molecule has 5 nitrogen and oxygen atoms in total. The smallest absolute Gasteiger partial charge is 0.264 e. The van der Waals surface area contributed by atoms with Gasteiger partial charge in [-0.05, 0) is 36.6 Å². The highest BCUT2D eigenvalue weighted by atomic mass is 32.1. The third kappa shape index (κ3) is 4.70. The number of aromatic nitrogens is 1. The topological polar surface area (TPSA) is 60.5 Å². The van der Waals surface area contributed by atoms with Crippen LogP contribution < -0.4 is 14.8 Å². The number of anilines is 1. The Kier molecular flexibility index (Phi) is 6.31. The van der Waals surface area contributed by atoms with Crippen LogP contribution in [-0.4, -0.2) is 24.6 Å². The fraction of sp³-hybridized carbons (Fsp3) is 0.273. The van der Waals surface area contributed by atoms with Gasteiger partial charge >= 0.3 is 0 Å². The summed E-state index contributed by atoms with van der Waals surface area (Å²) in [5, 5.41) is 5.24. The lowest BCUT2D eigenvalue weighted by Crippen LogP contribution is -2.20. The molecule has 0 aliphatic heterocycles. The molecule has 0 saturated carbocycles. The number of aryl methyl sites for hydroxylation is 1. The summed E-state index contributed by atoms with van der Waals surface area (Å²) < 4.78 is 11.1. The SMILES string of the molecule is COc1ccc(C)cc1-c1csc(NC(=O)COc2ccccc2C(C)C)n1. The second-order valence-electron chi connectivity index (χ2n) is 6.77. The number of thiazole rings is 1. The highest BCUT2D eigenvalue weighted by molar-refractivity contribution is 7.14. The molecule has 0 aliphatic carbocycles. The molecule has 6 heteroatoms. The fourth-order valence-corrected chi connectivity index (χ4v) is 3.59. The molecule has 0 saturated heterocycles. The van der Waals surface area contributed by atoms with Gasteiger partial charge in [0.15, 0.2) is 11.7 Å².